The molecule has 0 aliphatic heterocycles. The van der Waals surface area contributed by atoms with Gasteiger partial charge in [-0.1, -0.05) is 0 Å². The Kier molecular flexibility index (Phi) is 4.14. The third kappa shape index (κ3) is 2.96. The van der Waals surface area contributed by atoms with Crippen molar-refractivity contribution in [2.24, 2.45) is 0 Å². The summed E-state index contributed by atoms with van der Waals surface area (Å²) in [6.07, 6.45) is 6.34. The summed E-state index contributed by atoms with van der Waals surface area (Å²) in [6, 6.07) is 3.06. The van der Waals surface area contributed by atoms with E-state index >= 15 is 0 Å². The molecule has 1 saturated carbocycles. The first kappa shape index (κ1) is 13.6. The lowest BCUT2D eigenvalue weighted by atomic mass is 10.3. The van der Waals surface area contributed by atoms with E-state index in [0.717, 1.165) is 19.3 Å². The molecule has 0 bridgehead atoms. The van der Waals surface area contributed by atoms with Gasteiger partial charge in [-0.05, 0) is 37.7 Å². The zero-order chi connectivity index (χ0) is 13.2. The van der Waals surface area contributed by atoms with Crippen LogP contribution in [0.4, 0.5) is 5.82 Å². The minimum atomic E-state index is -3.55. The largest absolute Gasteiger partial charge is 0.383 e. The van der Waals surface area contributed by atoms with Crippen LogP contribution in [-0.4, -0.2) is 30.9 Å². The predicted molar refractivity (Wildman–Crippen MR) is 73.9 cm³/mol. The summed E-state index contributed by atoms with van der Waals surface area (Å²) < 4.78 is 27.0. The summed E-state index contributed by atoms with van der Waals surface area (Å²) in [6.45, 7) is 0. The summed E-state index contributed by atoms with van der Waals surface area (Å²) in [4.78, 5) is 3.87. The van der Waals surface area contributed by atoms with Gasteiger partial charge in [0.1, 0.15) is 10.7 Å². The molecule has 0 aromatic carbocycles. The summed E-state index contributed by atoms with van der Waals surface area (Å²) in [5.74, 6) is 0.0458. The van der Waals surface area contributed by atoms with Crippen molar-refractivity contribution >= 4 is 27.6 Å². The molecule has 7 heteroatoms. The second-order valence-corrected chi connectivity index (χ2v) is 7.20. The molecule has 1 aromatic heterocycles. The highest BCUT2D eigenvalue weighted by Gasteiger charge is 2.29. The number of nitrogens with two attached hydrogens (primary N) is 1. The summed E-state index contributed by atoms with van der Waals surface area (Å²) in [5.41, 5.74) is 5.60. The standard InChI is InChI=1S/C11H17N3O2S2/c1-17-9-5-4-8(7-9)14-18(15,16)10-3-2-6-13-11(10)12/h2-3,6,8-9,14H,4-5,7H2,1H3,(H2,12,13). The number of nitrogens with one attached hydrogen (secondary N) is 1. The van der Waals surface area contributed by atoms with Crippen molar-refractivity contribution in [1.82, 2.24) is 9.71 Å². The highest BCUT2D eigenvalue weighted by Crippen LogP contribution is 2.29. The molecule has 0 radical (unpaired) electrons. The first-order valence-electron chi connectivity index (χ1n) is 5.78. The second-order valence-electron chi connectivity index (χ2n) is 4.38. The van der Waals surface area contributed by atoms with Crippen LogP contribution in [0.25, 0.3) is 0 Å². The average Bonchev–Trinajstić information content (AvgIpc) is 2.76. The molecule has 0 spiro atoms. The molecule has 18 heavy (non-hydrogen) atoms. The Labute approximate surface area is 112 Å². The maximum absolute atomic E-state index is 12.2. The monoisotopic (exact) mass is 287 g/mol. The third-order valence-electron chi connectivity index (χ3n) is 3.13. The number of aromatic nitrogens is 1. The number of hydrogen-bond donors (Lipinski definition) is 2. The number of hydrogen-bond acceptors (Lipinski definition) is 5. The lowest BCUT2D eigenvalue weighted by Crippen LogP contribution is -2.33. The maximum Gasteiger partial charge on any atom is 0.244 e. The lowest BCUT2D eigenvalue weighted by molar-refractivity contribution is 0.552. The molecule has 1 heterocycles. The number of nitrogen functional groups attached to an aromatic ring is 1. The Bertz CT molecular complexity index is 519. The van der Waals surface area contributed by atoms with Gasteiger partial charge in [-0.25, -0.2) is 18.1 Å². The Morgan fingerprint density at radius 2 is 2.28 bits per heavy atom. The minimum absolute atomic E-state index is 0.00653. The molecular formula is C11H17N3O2S2. The molecule has 5 nitrogen and oxygen atoms in total. The van der Waals surface area contributed by atoms with E-state index in [0.29, 0.717) is 5.25 Å². The minimum Gasteiger partial charge on any atom is -0.383 e. The van der Waals surface area contributed by atoms with Crippen LogP contribution < -0.4 is 10.5 Å². The van der Waals surface area contributed by atoms with Crippen LogP contribution in [0.5, 0.6) is 0 Å². The average molecular weight is 287 g/mol. The fraction of sp³-hybridized carbons (Fsp3) is 0.545. The van der Waals surface area contributed by atoms with E-state index in [2.05, 4.69) is 16.0 Å². The molecule has 1 aromatic rings. The van der Waals surface area contributed by atoms with E-state index in [1.807, 2.05) is 0 Å². The van der Waals surface area contributed by atoms with Gasteiger partial charge in [-0.3, -0.25) is 0 Å². The summed E-state index contributed by atoms with van der Waals surface area (Å²) in [7, 11) is -3.55. The molecule has 2 atom stereocenters. The van der Waals surface area contributed by atoms with Crippen LogP contribution in [-0.2, 0) is 10.0 Å². The van der Waals surface area contributed by atoms with Gasteiger partial charge in [0, 0.05) is 17.5 Å². The van der Waals surface area contributed by atoms with Gasteiger partial charge in [0.2, 0.25) is 10.0 Å². The van der Waals surface area contributed by atoms with Gasteiger partial charge in [-0.15, -0.1) is 0 Å². The summed E-state index contributed by atoms with van der Waals surface area (Å²) in [5, 5.41) is 0.545. The molecule has 1 aliphatic rings. The van der Waals surface area contributed by atoms with E-state index in [4.69, 9.17) is 5.73 Å². The van der Waals surface area contributed by atoms with Crippen molar-refractivity contribution in [2.45, 2.75) is 35.4 Å². The van der Waals surface area contributed by atoms with E-state index in [9.17, 15) is 8.42 Å². The van der Waals surface area contributed by atoms with Crippen LogP contribution in [0.1, 0.15) is 19.3 Å². The molecular weight excluding hydrogens is 270 g/mol. The Hall–Kier alpha value is -0.790. The Balaban J connectivity index is 2.11. The highest BCUT2D eigenvalue weighted by molar-refractivity contribution is 7.99. The van der Waals surface area contributed by atoms with Crippen molar-refractivity contribution in [3.63, 3.8) is 0 Å². The van der Waals surface area contributed by atoms with Gasteiger partial charge in [0.05, 0.1) is 0 Å². The predicted octanol–water partition coefficient (Wildman–Crippen LogP) is 1.23. The van der Waals surface area contributed by atoms with Crippen molar-refractivity contribution in [1.29, 1.82) is 0 Å². The van der Waals surface area contributed by atoms with Gasteiger partial charge in [-0.2, -0.15) is 11.8 Å². The normalized spacial score (nSPS) is 24.3. The maximum atomic E-state index is 12.2. The number of nitrogens with zero attached hydrogens (tertiary/aromatic N) is 1. The first-order valence-corrected chi connectivity index (χ1v) is 8.55. The Morgan fingerprint density at radius 3 is 2.89 bits per heavy atom. The highest BCUT2D eigenvalue weighted by atomic mass is 32.2. The number of thioether (sulfide) groups is 1. The van der Waals surface area contributed by atoms with E-state index < -0.39 is 10.0 Å². The van der Waals surface area contributed by atoms with Crippen molar-refractivity contribution < 1.29 is 8.42 Å². The molecule has 1 fully saturated rings. The third-order valence-corrected chi connectivity index (χ3v) is 5.79. The molecule has 2 unspecified atom stereocenters. The zero-order valence-electron chi connectivity index (χ0n) is 10.2. The quantitative estimate of drug-likeness (QED) is 0.870. The fourth-order valence-electron chi connectivity index (χ4n) is 2.17. The first-order chi connectivity index (χ1) is 8.53. The van der Waals surface area contributed by atoms with Crippen LogP contribution in [0.2, 0.25) is 0 Å². The van der Waals surface area contributed by atoms with Crippen molar-refractivity contribution in [3.05, 3.63) is 18.3 Å². The number of pyridine rings is 1. The SMILES string of the molecule is CSC1CCC(NS(=O)(=O)c2cccnc2N)C1. The van der Waals surface area contributed by atoms with Crippen molar-refractivity contribution in [2.75, 3.05) is 12.0 Å². The molecule has 3 N–H and O–H groups in total. The van der Waals surface area contributed by atoms with E-state index in [1.165, 1.54) is 12.3 Å². The zero-order valence-corrected chi connectivity index (χ0v) is 11.8. The molecule has 1 aliphatic carbocycles. The summed E-state index contributed by atoms with van der Waals surface area (Å²) >= 11 is 1.79. The van der Waals surface area contributed by atoms with Gasteiger partial charge < -0.3 is 5.73 Å². The fourth-order valence-corrected chi connectivity index (χ4v) is 4.34. The molecule has 2 rings (SSSR count). The van der Waals surface area contributed by atoms with Gasteiger partial charge in [0.15, 0.2) is 0 Å². The smallest absolute Gasteiger partial charge is 0.244 e. The number of sulfonamides is 1. The molecule has 100 valence electrons. The van der Waals surface area contributed by atoms with Crippen LogP contribution in [0.15, 0.2) is 23.2 Å². The molecule has 0 amide bonds. The van der Waals surface area contributed by atoms with Gasteiger partial charge in [0.25, 0.3) is 0 Å². The van der Waals surface area contributed by atoms with E-state index in [1.54, 1.807) is 17.8 Å². The number of anilines is 1. The van der Waals surface area contributed by atoms with Crippen LogP contribution in [0.3, 0.4) is 0 Å². The second kappa shape index (κ2) is 5.46. The Morgan fingerprint density at radius 1 is 1.50 bits per heavy atom. The van der Waals surface area contributed by atoms with Gasteiger partial charge >= 0.3 is 0 Å². The number of rotatable bonds is 4. The van der Waals surface area contributed by atoms with Crippen LogP contribution >= 0.6 is 11.8 Å². The topological polar surface area (TPSA) is 85.1 Å². The van der Waals surface area contributed by atoms with E-state index in [-0.39, 0.29) is 16.8 Å². The van der Waals surface area contributed by atoms with Crippen LogP contribution in [0, 0.1) is 0 Å². The molecule has 0 saturated heterocycles. The lowest BCUT2D eigenvalue weighted by Gasteiger charge is -2.13. The van der Waals surface area contributed by atoms with Crippen molar-refractivity contribution in [3.8, 4) is 0 Å².